The number of nitrogens with one attached hydrogen (secondary N) is 1. The largest absolute Gasteiger partial charge is 0.397 e. The van der Waals surface area contributed by atoms with Gasteiger partial charge in [-0.05, 0) is 52.3 Å². The number of hydrogen-bond acceptors (Lipinski definition) is 3. The standard InChI is InChI=1S/C13H11BrClN3O/c14-9-3-2-8(15)6-12(9)18-11-4-1-7(13(17)19)5-10(11)16/h1-6,18H,16H2,(H2,17,19). The number of nitrogens with two attached hydrogens (primary N) is 2. The van der Waals surface area contributed by atoms with E-state index in [9.17, 15) is 4.79 Å². The van der Waals surface area contributed by atoms with Gasteiger partial charge in [-0.2, -0.15) is 0 Å². The molecule has 0 saturated heterocycles. The third-order valence-corrected chi connectivity index (χ3v) is 3.46. The minimum Gasteiger partial charge on any atom is -0.397 e. The lowest BCUT2D eigenvalue weighted by molar-refractivity contribution is 0.100. The van der Waals surface area contributed by atoms with E-state index in [1.165, 1.54) is 6.07 Å². The van der Waals surface area contributed by atoms with Crippen molar-refractivity contribution in [2.45, 2.75) is 0 Å². The summed E-state index contributed by atoms with van der Waals surface area (Å²) in [5, 5.41) is 3.75. The van der Waals surface area contributed by atoms with E-state index in [0.29, 0.717) is 22.0 Å². The Kier molecular flexibility index (Phi) is 3.97. The molecule has 0 aliphatic heterocycles. The van der Waals surface area contributed by atoms with E-state index < -0.39 is 5.91 Å². The molecule has 2 aromatic rings. The molecule has 0 aliphatic carbocycles. The number of primary amides is 1. The minimum atomic E-state index is -0.512. The number of benzene rings is 2. The Bertz CT molecular complexity index is 646. The Morgan fingerprint density at radius 2 is 1.89 bits per heavy atom. The highest BCUT2D eigenvalue weighted by atomic mass is 79.9. The number of carbonyl (C=O) groups excluding carboxylic acids is 1. The van der Waals surface area contributed by atoms with Crippen molar-refractivity contribution in [3.8, 4) is 0 Å². The molecule has 0 spiro atoms. The Balaban J connectivity index is 2.33. The minimum absolute atomic E-state index is 0.369. The van der Waals surface area contributed by atoms with E-state index in [4.69, 9.17) is 23.1 Å². The van der Waals surface area contributed by atoms with Gasteiger partial charge in [-0.15, -0.1) is 0 Å². The molecule has 0 heterocycles. The summed E-state index contributed by atoms with van der Waals surface area (Å²) >= 11 is 9.35. The molecular formula is C13H11BrClN3O. The van der Waals surface area contributed by atoms with Gasteiger partial charge in [0.1, 0.15) is 0 Å². The van der Waals surface area contributed by atoms with Gasteiger partial charge < -0.3 is 16.8 Å². The first kappa shape index (κ1) is 13.7. The lowest BCUT2D eigenvalue weighted by atomic mass is 10.1. The third-order valence-electron chi connectivity index (χ3n) is 2.53. The summed E-state index contributed by atoms with van der Waals surface area (Å²) in [4.78, 5) is 11.0. The fourth-order valence-corrected chi connectivity index (χ4v) is 2.09. The Hall–Kier alpha value is -1.72. The first-order valence-corrected chi connectivity index (χ1v) is 6.56. The van der Waals surface area contributed by atoms with E-state index in [2.05, 4.69) is 21.2 Å². The zero-order valence-corrected chi connectivity index (χ0v) is 12.1. The fraction of sp³-hybridized carbons (Fsp3) is 0. The highest BCUT2D eigenvalue weighted by Gasteiger charge is 2.07. The molecule has 2 rings (SSSR count). The van der Waals surface area contributed by atoms with Crippen molar-refractivity contribution in [2.24, 2.45) is 5.73 Å². The average molecular weight is 341 g/mol. The molecule has 2 aromatic carbocycles. The maximum atomic E-state index is 11.0. The van der Waals surface area contributed by atoms with Gasteiger partial charge in [0.25, 0.3) is 0 Å². The van der Waals surface area contributed by atoms with Gasteiger partial charge in [0.15, 0.2) is 0 Å². The summed E-state index contributed by atoms with van der Waals surface area (Å²) in [6, 6.07) is 10.2. The van der Waals surface area contributed by atoms with Crippen LogP contribution in [-0.2, 0) is 0 Å². The van der Waals surface area contributed by atoms with Crippen LogP contribution in [0.25, 0.3) is 0 Å². The molecule has 1 amide bonds. The van der Waals surface area contributed by atoms with Gasteiger partial charge >= 0.3 is 0 Å². The summed E-state index contributed by atoms with van der Waals surface area (Å²) < 4.78 is 0.857. The van der Waals surface area contributed by atoms with Crippen molar-refractivity contribution in [2.75, 3.05) is 11.1 Å². The summed E-state index contributed by atoms with van der Waals surface area (Å²) in [7, 11) is 0. The summed E-state index contributed by atoms with van der Waals surface area (Å²) in [5.74, 6) is -0.512. The zero-order valence-electron chi connectivity index (χ0n) is 9.78. The average Bonchev–Trinajstić information content (AvgIpc) is 2.36. The molecule has 0 bridgehead atoms. The van der Waals surface area contributed by atoms with Crippen molar-refractivity contribution >= 4 is 50.5 Å². The van der Waals surface area contributed by atoms with Crippen LogP contribution in [0.2, 0.25) is 5.02 Å². The van der Waals surface area contributed by atoms with Gasteiger partial charge in [-0.3, -0.25) is 4.79 Å². The predicted octanol–water partition coefficient (Wildman–Crippen LogP) is 3.53. The van der Waals surface area contributed by atoms with Gasteiger partial charge in [-0.25, -0.2) is 0 Å². The van der Waals surface area contributed by atoms with Gasteiger partial charge in [0.2, 0.25) is 5.91 Å². The summed E-state index contributed by atoms with van der Waals surface area (Å²) in [6.45, 7) is 0. The molecule has 0 aromatic heterocycles. The van der Waals surface area contributed by atoms with Crippen LogP contribution in [0.3, 0.4) is 0 Å². The molecule has 4 nitrogen and oxygen atoms in total. The number of anilines is 3. The van der Waals surface area contributed by atoms with Crippen LogP contribution in [0.15, 0.2) is 40.9 Å². The highest BCUT2D eigenvalue weighted by Crippen LogP contribution is 2.31. The molecule has 0 aliphatic rings. The maximum absolute atomic E-state index is 11.0. The topological polar surface area (TPSA) is 81.1 Å². The van der Waals surface area contributed by atoms with Crippen LogP contribution >= 0.6 is 27.5 Å². The Morgan fingerprint density at radius 3 is 2.53 bits per heavy atom. The second-order valence-corrected chi connectivity index (χ2v) is 5.21. The highest BCUT2D eigenvalue weighted by molar-refractivity contribution is 9.10. The molecule has 5 N–H and O–H groups in total. The molecule has 0 radical (unpaired) electrons. The molecular weight excluding hydrogens is 330 g/mol. The molecule has 19 heavy (non-hydrogen) atoms. The third kappa shape index (κ3) is 3.19. The fourth-order valence-electron chi connectivity index (χ4n) is 1.57. The van der Waals surface area contributed by atoms with Crippen LogP contribution in [0, 0.1) is 0 Å². The van der Waals surface area contributed by atoms with Crippen molar-refractivity contribution < 1.29 is 4.79 Å². The van der Waals surface area contributed by atoms with Gasteiger partial charge in [0, 0.05) is 15.1 Å². The normalized spacial score (nSPS) is 10.2. The molecule has 0 saturated carbocycles. The van der Waals surface area contributed by atoms with E-state index in [-0.39, 0.29) is 0 Å². The van der Waals surface area contributed by atoms with Gasteiger partial charge in [0.05, 0.1) is 17.1 Å². The van der Waals surface area contributed by atoms with Gasteiger partial charge in [-0.1, -0.05) is 11.6 Å². The van der Waals surface area contributed by atoms with Crippen LogP contribution < -0.4 is 16.8 Å². The van der Waals surface area contributed by atoms with E-state index in [1.54, 1.807) is 24.3 Å². The number of rotatable bonds is 3. The van der Waals surface area contributed by atoms with Crippen molar-refractivity contribution in [1.29, 1.82) is 0 Å². The Morgan fingerprint density at radius 1 is 1.16 bits per heavy atom. The van der Waals surface area contributed by atoms with Crippen molar-refractivity contribution in [1.82, 2.24) is 0 Å². The number of carbonyl (C=O) groups is 1. The van der Waals surface area contributed by atoms with Crippen LogP contribution in [0.5, 0.6) is 0 Å². The quantitative estimate of drug-likeness (QED) is 0.748. The number of amides is 1. The second-order valence-electron chi connectivity index (χ2n) is 3.92. The molecule has 6 heteroatoms. The first-order chi connectivity index (χ1) is 8.97. The first-order valence-electron chi connectivity index (χ1n) is 5.39. The monoisotopic (exact) mass is 339 g/mol. The zero-order chi connectivity index (χ0) is 14.0. The maximum Gasteiger partial charge on any atom is 0.248 e. The van der Waals surface area contributed by atoms with Crippen molar-refractivity contribution in [3.63, 3.8) is 0 Å². The summed E-state index contributed by atoms with van der Waals surface area (Å²) in [5.41, 5.74) is 13.3. The predicted molar refractivity (Wildman–Crippen MR) is 81.8 cm³/mol. The number of halogens is 2. The van der Waals surface area contributed by atoms with Crippen LogP contribution in [0.1, 0.15) is 10.4 Å². The molecule has 0 unspecified atom stereocenters. The second kappa shape index (κ2) is 5.50. The van der Waals surface area contributed by atoms with Crippen LogP contribution in [-0.4, -0.2) is 5.91 Å². The Labute approximate surface area is 123 Å². The smallest absolute Gasteiger partial charge is 0.248 e. The van der Waals surface area contributed by atoms with E-state index in [1.807, 2.05) is 6.07 Å². The number of hydrogen-bond donors (Lipinski definition) is 3. The molecule has 0 fully saturated rings. The SMILES string of the molecule is NC(=O)c1ccc(Nc2cc(Cl)ccc2Br)c(N)c1. The number of nitrogen functional groups attached to an aromatic ring is 1. The van der Waals surface area contributed by atoms with E-state index in [0.717, 1.165) is 10.2 Å². The molecule has 0 atom stereocenters. The lowest BCUT2D eigenvalue weighted by Gasteiger charge is -2.12. The van der Waals surface area contributed by atoms with Crippen molar-refractivity contribution in [3.05, 3.63) is 51.5 Å². The van der Waals surface area contributed by atoms with E-state index >= 15 is 0 Å². The summed E-state index contributed by atoms with van der Waals surface area (Å²) in [6.07, 6.45) is 0. The van der Waals surface area contributed by atoms with Crippen LogP contribution in [0.4, 0.5) is 17.1 Å². The lowest BCUT2D eigenvalue weighted by Crippen LogP contribution is -2.11. The molecule has 98 valence electrons.